The summed E-state index contributed by atoms with van der Waals surface area (Å²) >= 11 is 0. The average molecular weight is 354 g/mol. The zero-order valence-corrected chi connectivity index (χ0v) is 15.7. The molecule has 2 heterocycles. The van der Waals surface area contributed by atoms with Gasteiger partial charge >= 0.3 is 0 Å². The Morgan fingerprint density at radius 2 is 1.88 bits per heavy atom. The predicted molar refractivity (Wildman–Crippen MR) is 104 cm³/mol. The third kappa shape index (κ3) is 5.43. The molecule has 1 aliphatic rings. The topological polar surface area (TPSA) is 50.2 Å². The molecule has 0 aliphatic carbocycles. The molecule has 1 N–H and O–H groups in total. The standard InChI is InChI=1S/C21H30N4O/c1-18-22-12-16-25(18)15-11-20(19-9-5-4-6-10-19)23-21(26)17-24-13-7-2-3-8-14-24/h4-6,9-10,12,16,20H,2-3,7-8,11,13-15,17H2,1H3,(H,23,26)/t20-/m0/s1. The Morgan fingerprint density at radius 3 is 2.54 bits per heavy atom. The highest BCUT2D eigenvalue weighted by molar-refractivity contribution is 5.78. The monoisotopic (exact) mass is 354 g/mol. The van der Waals surface area contributed by atoms with Crippen LogP contribution in [-0.2, 0) is 11.3 Å². The van der Waals surface area contributed by atoms with Gasteiger partial charge in [-0.1, -0.05) is 43.2 Å². The van der Waals surface area contributed by atoms with Crippen LogP contribution in [0, 0.1) is 6.92 Å². The van der Waals surface area contributed by atoms with Crippen LogP contribution in [0.3, 0.4) is 0 Å². The lowest BCUT2D eigenvalue weighted by Gasteiger charge is -2.23. The number of aryl methyl sites for hydroxylation is 2. The number of carbonyl (C=O) groups excluding carboxylic acids is 1. The van der Waals surface area contributed by atoms with Gasteiger partial charge in [0.15, 0.2) is 0 Å². The Hall–Kier alpha value is -2.14. The molecule has 0 radical (unpaired) electrons. The first-order valence-corrected chi connectivity index (χ1v) is 9.77. The molecule has 1 amide bonds. The van der Waals surface area contributed by atoms with Gasteiger partial charge in [-0.15, -0.1) is 0 Å². The lowest BCUT2D eigenvalue weighted by Crippen LogP contribution is -2.39. The average Bonchev–Trinajstić information content (AvgIpc) is 2.90. The van der Waals surface area contributed by atoms with E-state index in [0.717, 1.165) is 37.4 Å². The number of nitrogens with one attached hydrogen (secondary N) is 1. The van der Waals surface area contributed by atoms with E-state index in [0.29, 0.717) is 6.54 Å². The van der Waals surface area contributed by atoms with E-state index in [-0.39, 0.29) is 11.9 Å². The number of aromatic nitrogens is 2. The number of hydrogen-bond acceptors (Lipinski definition) is 3. The van der Waals surface area contributed by atoms with Gasteiger partial charge in [-0.05, 0) is 44.8 Å². The maximum atomic E-state index is 12.7. The number of rotatable bonds is 7. The first-order chi connectivity index (χ1) is 12.7. The second-order valence-electron chi connectivity index (χ2n) is 7.18. The van der Waals surface area contributed by atoms with Crippen LogP contribution in [0.5, 0.6) is 0 Å². The molecule has 1 fully saturated rings. The molecular weight excluding hydrogens is 324 g/mol. The van der Waals surface area contributed by atoms with Crippen LogP contribution in [0.1, 0.15) is 49.5 Å². The summed E-state index contributed by atoms with van der Waals surface area (Å²) in [5.74, 6) is 1.14. The van der Waals surface area contributed by atoms with E-state index in [2.05, 4.69) is 31.9 Å². The Labute approximate surface area is 156 Å². The van der Waals surface area contributed by atoms with E-state index in [1.54, 1.807) is 0 Å². The molecule has 5 heteroatoms. The summed E-state index contributed by atoms with van der Waals surface area (Å²) < 4.78 is 2.14. The van der Waals surface area contributed by atoms with Crippen molar-refractivity contribution in [3.63, 3.8) is 0 Å². The number of likely N-dealkylation sites (tertiary alicyclic amines) is 1. The largest absolute Gasteiger partial charge is 0.348 e. The molecule has 0 bridgehead atoms. The molecule has 0 unspecified atom stereocenters. The summed E-state index contributed by atoms with van der Waals surface area (Å²) in [6.07, 6.45) is 9.66. The van der Waals surface area contributed by atoms with Crippen molar-refractivity contribution in [2.45, 2.75) is 51.6 Å². The minimum Gasteiger partial charge on any atom is -0.348 e. The first-order valence-electron chi connectivity index (χ1n) is 9.77. The fourth-order valence-corrected chi connectivity index (χ4v) is 3.65. The molecule has 2 aromatic rings. The van der Waals surface area contributed by atoms with Crippen LogP contribution in [-0.4, -0.2) is 40.0 Å². The van der Waals surface area contributed by atoms with Crippen LogP contribution < -0.4 is 5.32 Å². The van der Waals surface area contributed by atoms with Crippen LogP contribution in [0.15, 0.2) is 42.7 Å². The fraction of sp³-hybridized carbons (Fsp3) is 0.524. The van der Waals surface area contributed by atoms with Crippen molar-refractivity contribution < 1.29 is 4.79 Å². The molecule has 1 aliphatic heterocycles. The molecule has 26 heavy (non-hydrogen) atoms. The zero-order valence-electron chi connectivity index (χ0n) is 15.7. The summed E-state index contributed by atoms with van der Waals surface area (Å²) in [6.45, 7) is 5.44. The van der Waals surface area contributed by atoms with Gasteiger partial charge < -0.3 is 9.88 Å². The molecule has 5 nitrogen and oxygen atoms in total. The lowest BCUT2D eigenvalue weighted by molar-refractivity contribution is -0.123. The van der Waals surface area contributed by atoms with Crippen LogP contribution in [0.4, 0.5) is 0 Å². The van der Waals surface area contributed by atoms with Gasteiger partial charge in [-0.2, -0.15) is 0 Å². The highest BCUT2D eigenvalue weighted by Gasteiger charge is 2.18. The molecule has 0 spiro atoms. The summed E-state index contributed by atoms with van der Waals surface area (Å²) in [5, 5.41) is 3.27. The third-order valence-electron chi connectivity index (χ3n) is 5.19. The second-order valence-corrected chi connectivity index (χ2v) is 7.18. The first kappa shape index (κ1) is 18.6. The van der Waals surface area contributed by atoms with Gasteiger partial charge in [-0.3, -0.25) is 9.69 Å². The van der Waals surface area contributed by atoms with Crippen molar-refractivity contribution in [1.82, 2.24) is 19.8 Å². The van der Waals surface area contributed by atoms with Gasteiger partial charge in [0.05, 0.1) is 12.6 Å². The molecule has 1 atom stereocenters. The smallest absolute Gasteiger partial charge is 0.234 e. The van der Waals surface area contributed by atoms with Gasteiger partial charge in [-0.25, -0.2) is 4.98 Å². The van der Waals surface area contributed by atoms with Gasteiger partial charge in [0.2, 0.25) is 5.91 Å². The fourth-order valence-electron chi connectivity index (χ4n) is 3.65. The van der Waals surface area contributed by atoms with Crippen molar-refractivity contribution in [3.8, 4) is 0 Å². The minimum absolute atomic E-state index is 0.0254. The Balaban J connectivity index is 1.61. The minimum atomic E-state index is 0.0254. The van der Waals surface area contributed by atoms with Crippen molar-refractivity contribution in [1.29, 1.82) is 0 Å². The summed E-state index contributed by atoms with van der Waals surface area (Å²) in [4.78, 5) is 19.2. The van der Waals surface area contributed by atoms with E-state index in [4.69, 9.17) is 0 Å². The van der Waals surface area contributed by atoms with E-state index < -0.39 is 0 Å². The Kier molecular flexibility index (Phi) is 6.83. The number of hydrogen-bond donors (Lipinski definition) is 1. The number of benzene rings is 1. The Bertz CT molecular complexity index is 674. The Morgan fingerprint density at radius 1 is 1.15 bits per heavy atom. The van der Waals surface area contributed by atoms with Crippen molar-refractivity contribution >= 4 is 5.91 Å². The second kappa shape index (κ2) is 9.53. The van der Waals surface area contributed by atoms with Gasteiger partial charge in [0.1, 0.15) is 5.82 Å². The molecule has 3 rings (SSSR count). The van der Waals surface area contributed by atoms with Gasteiger partial charge in [0.25, 0.3) is 0 Å². The van der Waals surface area contributed by atoms with Gasteiger partial charge in [0, 0.05) is 18.9 Å². The van der Waals surface area contributed by atoms with Crippen molar-refractivity contribution in [2.75, 3.05) is 19.6 Å². The lowest BCUT2D eigenvalue weighted by atomic mass is 10.0. The number of amides is 1. The van der Waals surface area contributed by atoms with E-state index >= 15 is 0 Å². The molecule has 140 valence electrons. The molecule has 0 saturated carbocycles. The molecular formula is C21H30N4O. The van der Waals surface area contributed by atoms with Crippen LogP contribution in [0.25, 0.3) is 0 Å². The van der Waals surface area contributed by atoms with Crippen LogP contribution in [0.2, 0.25) is 0 Å². The highest BCUT2D eigenvalue weighted by Crippen LogP contribution is 2.18. The van der Waals surface area contributed by atoms with E-state index in [1.165, 1.54) is 25.7 Å². The number of nitrogens with zero attached hydrogens (tertiary/aromatic N) is 3. The maximum Gasteiger partial charge on any atom is 0.234 e. The summed E-state index contributed by atoms with van der Waals surface area (Å²) in [6, 6.07) is 10.3. The summed E-state index contributed by atoms with van der Waals surface area (Å²) in [5.41, 5.74) is 1.16. The normalized spacial score (nSPS) is 16.8. The van der Waals surface area contributed by atoms with E-state index in [1.807, 2.05) is 37.5 Å². The highest BCUT2D eigenvalue weighted by atomic mass is 16.2. The molecule has 1 aromatic heterocycles. The maximum absolute atomic E-state index is 12.7. The zero-order chi connectivity index (χ0) is 18.2. The predicted octanol–water partition coefficient (Wildman–Crippen LogP) is 3.32. The van der Waals surface area contributed by atoms with Crippen LogP contribution >= 0.6 is 0 Å². The van der Waals surface area contributed by atoms with E-state index in [9.17, 15) is 4.79 Å². The third-order valence-corrected chi connectivity index (χ3v) is 5.19. The molecule has 1 aromatic carbocycles. The number of carbonyl (C=O) groups is 1. The quantitative estimate of drug-likeness (QED) is 0.830. The summed E-state index contributed by atoms with van der Waals surface area (Å²) in [7, 11) is 0. The molecule has 1 saturated heterocycles. The number of imidazole rings is 1. The van der Waals surface area contributed by atoms with Crippen molar-refractivity contribution in [3.05, 3.63) is 54.1 Å². The SMILES string of the molecule is Cc1nccn1CC[C@H](NC(=O)CN1CCCCCC1)c1ccccc1. The van der Waals surface area contributed by atoms with Crippen molar-refractivity contribution in [2.24, 2.45) is 0 Å².